The van der Waals surface area contributed by atoms with Crippen LogP contribution in [0.2, 0.25) is 0 Å². The third-order valence-corrected chi connectivity index (χ3v) is 3.71. The van der Waals surface area contributed by atoms with Crippen LogP contribution < -0.4 is 10.5 Å². The van der Waals surface area contributed by atoms with Gasteiger partial charge in [0, 0.05) is 29.4 Å². The molecule has 2 heterocycles. The van der Waals surface area contributed by atoms with E-state index in [0.29, 0.717) is 18.7 Å². The molecule has 1 unspecified atom stereocenters. The highest BCUT2D eigenvalue weighted by atomic mass is 16.7. The number of hydrogen-bond donors (Lipinski definition) is 1. The molecule has 1 aliphatic heterocycles. The van der Waals surface area contributed by atoms with Crippen molar-refractivity contribution in [1.29, 1.82) is 0 Å². The number of carbonyl (C=O) groups excluding carboxylic acids is 1. The van der Waals surface area contributed by atoms with Crippen molar-refractivity contribution in [3.05, 3.63) is 48.3 Å². The SMILES string of the molecule is Cc1ccc(-c2ccccc2OCC2CC(COC(N)=O)=NO2)cn1. The van der Waals surface area contributed by atoms with Gasteiger partial charge in [-0.3, -0.25) is 4.98 Å². The predicted octanol–water partition coefficient (Wildman–Crippen LogP) is 2.68. The third-order valence-electron chi connectivity index (χ3n) is 3.71. The van der Waals surface area contributed by atoms with Gasteiger partial charge in [-0.25, -0.2) is 4.79 Å². The van der Waals surface area contributed by atoms with Crippen molar-refractivity contribution in [3.8, 4) is 16.9 Å². The zero-order valence-electron chi connectivity index (χ0n) is 13.8. The van der Waals surface area contributed by atoms with Crippen molar-refractivity contribution >= 4 is 11.8 Å². The lowest BCUT2D eigenvalue weighted by Crippen LogP contribution is -2.21. The largest absolute Gasteiger partial charge is 0.489 e. The monoisotopic (exact) mass is 341 g/mol. The number of primary amides is 1. The minimum absolute atomic E-state index is 0.0391. The highest BCUT2D eigenvalue weighted by Crippen LogP contribution is 2.29. The summed E-state index contributed by atoms with van der Waals surface area (Å²) in [5.41, 5.74) is 8.48. The van der Waals surface area contributed by atoms with Gasteiger partial charge >= 0.3 is 6.09 Å². The highest BCUT2D eigenvalue weighted by Gasteiger charge is 2.23. The van der Waals surface area contributed by atoms with Crippen LogP contribution in [0.4, 0.5) is 4.79 Å². The van der Waals surface area contributed by atoms with Crippen molar-refractivity contribution in [2.24, 2.45) is 10.9 Å². The number of amides is 1. The number of nitrogens with zero attached hydrogens (tertiary/aromatic N) is 2. The third kappa shape index (κ3) is 4.47. The van der Waals surface area contributed by atoms with Gasteiger partial charge in [0.25, 0.3) is 0 Å². The first-order chi connectivity index (χ1) is 12.1. The molecule has 1 atom stereocenters. The zero-order chi connectivity index (χ0) is 17.6. The van der Waals surface area contributed by atoms with Gasteiger partial charge in [0.1, 0.15) is 19.0 Å². The van der Waals surface area contributed by atoms with E-state index in [9.17, 15) is 4.79 Å². The van der Waals surface area contributed by atoms with E-state index in [-0.39, 0.29) is 12.7 Å². The normalized spacial score (nSPS) is 16.0. The molecule has 0 fully saturated rings. The number of ether oxygens (including phenoxy) is 2. The molecule has 2 aromatic rings. The maximum absolute atomic E-state index is 10.6. The highest BCUT2D eigenvalue weighted by molar-refractivity contribution is 5.88. The first kappa shape index (κ1) is 16.8. The van der Waals surface area contributed by atoms with Crippen LogP contribution in [0.1, 0.15) is 12.1 Å². The Morgan fingerprint density at radius 1 is 1.32 bits per heavy atom. The number of carbonyl (C=O) groups is 1. The van der Waals surface area contributed by atoms with Crippen LogP contribution in [0, 0.1) is 6.92 Å². The van der Waals surface area contributed by atoms with Crippen LogP contribution in [-0.2, 0) is 9.57 Å². The Morgan fingerprint density at radius 2 is 2.16 bits per heavy atom. The maximum Gasteiger partial charge on any atom is 0.404 e. The molecule has 1 aromatic heterocycles. The number of para-hydroxylation sites is 1. The summed E-state index contributed by atoms with van der Waals surface area (Å²) in [6.45, 7) is 2.32. The first-order valence-corrected chi connectivity index (χ1v) is 7.90. The van der Waals surface area contributed by atoms with Crippen molar-refractivity contribution in [2.45, 2.75) is 19.4 Å². The molecule has 2 N–H and O–H groups in total. The number of hydrogen-bond acceptors (Lipinski definition) is 6. The number of rotatable bonds is 6. The van der Waals surface area contributed by atoms with E-state index in [1.165, 1.54) is 0 Å². The van der Waals surface area contributed by atoms with Crippen LogP contribution in [0.15, 0.2) is 47.8 Å². The van der Waals surface area contributed by atoms with E-state index in [0.717, 1.165) is 22.6 Å². The molecule has 0 saturated heterocycles. The molecule has 25 heavy (non-hydrogen) atoms. The summed E-state index contributed by atoms with van der Waals surface area (Å²) in [6.07, 6.45) is 1.30. The second-order valence-corrected chi connectivity index (χ2v) is 5.69. The Kier molecular flexibility index (Phi) is 5.13. The van der Waals surface area contributed by atoms with Crippen LogP contribution in [0.5, 0.6) is 5.75 Å². The standard InChI is InChI=1S/C18H19N3O4/c1-12-6-7-13(9-20-12)16-4-2-3-5-17(16)23-11-15-8-14(21-25-15)10-24-18(19)22/h2-7,9,15H,8,10-11H2,1H3,(H2,19,22). The molecule has 1 aromatic carbocycles. The number of benzene rings is 1. The fourth-order valence-electron chi connectivity index (χ4n) is 2.46. The second-order valence-electron chi connectivity index (χ2n) is 5.69. The second kappa shape index (κ2) is 7.65. The zero-order valence-corrected chi connectivity index (χ0v) is 13.8. The number of aromatic nitrogens is 1. The smallest absolute Gasteiger partial charge is 0.404 e. The maximum atomic E-state index is 10.6. The van der Waals surface area contributed by atoms with Crippen molar-refractivity contribution in [1.82, 2.24) is 4.98 Å². The van der Waals surface area contributed by atoms with Crippen LogP contribution in [0.3, 0.4) is 0 Å². The summed E-state index contributed by atoms with van der Waals surface area (Å²) in [5, 5.41) is 3.89. The average Bonchev–Trinajstić information content (AvgIpc) is 3.07. The quantitative estimate of drug-likeness (QED) is 0.871. The van der Waals surface area contributed by atoms with Crippen LogP contribution in [-0.4, -0.2) is 36.1 Å². The number of pyridine rings is 1. The van der Waals surface area contributed by atoms with Gasteiger partial charge in [-0.2, -0.15) is 0 Å². The number of oxime groups is 1. The summed E-state index contributed by atoms with van der Waals surface area (Å²) in [7, 11) is 0. The van der Waals surface area contributed by atoms with E-state index >= 15 is 0 Å². The summed E-state index contributed by atoms with van der Waals surface area (Å²) in [5.74, 6) is 0.749. The van der Waals surface area contributed by atoms with E-state index in [1.54, 1.807) is 0 Å². The fraction of sp³-hybridized carbons (Fsp3) is 0.278. The van der Waals surface area contributed by atoms with Crippen molar-refractivity contribution < 1.29 is 19.1 Å². The van der Waals surface area contributed by atoms with Crippen LogP contribution in [0.25, 0.3) is 11.1 Å². The molecule has 1 aliphatic rings. The Bertz CT molecular complexity index is 774. The van der Waals surface area contributed by atoms with E-state index in [1.807, 2.05) is 49.5 Å². The molecule has 0 radical (unpaired) electrons. The van der Waals surface area contributed by atoms with Gasteiger partial charge in [-0.15, -0.1) is 0 Å². The fourth-order valence-corrected chi connectivity index (χ4v) is 2.46. The molecular weight excluding hydrogens is 322 g/mol. The molecule has 0 saturated carbocycles. The lowest BCUT2D eigenvalue weighted by atomic mass is 10.1. The first-order valence-electron chi connectivity index (χ1n) is 7.90. The van der Waals surface area contributed by atoms with Gasteiger partial charge in [0.15, 0.2) is 6.10 Å². The molecule has 0 bridgehead atoms. The Labute approximate surface area is 145 Å². The Hall–Kier alpha value is -3.09. The summed E-state index contributed by atoms with van der Waals surface area (Å²) < 4.78 is 10.6. The summed E-state index contributed by atoms with van der Waals surface area (Å²) in [4.78, 5) is 20.2. The molecule has 0 spiro atoms. The minimum atomic E-state index is -0.831. The molecule has 7 heteroatoms. The molecule has 130 valence electrons. The summed E-state index contributed by atoms with van der Waals surface area (Å²) in [6, 6.07) is 11.7. The van der Waals surface area contributed by atoms with Gasteiger partial charge < -0.3 is 20.0 Å². The van der Waals surface area contributed by atoms with Gasteiger partial charge in [-0.05, 0) is 19.1 Å². The molecule has 0 aliphatic carbocycles. The Morgan fingerprint density at radius 3 is 2.92 bits per heavy atom. The lowest BCUT2D eigenvalue weighted by Gasteiger charge is -2.14. The van der Waals surface area contributed by atoms with E-state index in [4.69, 9.17) is 20.0 Å². The van der Waals surface area contributed by atoms with Crippen molar-refractivity contribution in [2.75, 3.05) is 13.2 Å². The van der Waals surface area contributed by atoms with Gasteiger partial charge in [0.2, 0.25) is 0 Å². The summed E-state index contributed by atoms with van der Waals surface area (Å²) >= 11 is 0. The Balaban J connectivity index is 1.60. The number of aryl methyl sites for hydroxylation is 1. The molecule has 7 nitrogen and oxygen atoms in total. The van der Waals surface area contributed by atoms with E-state index in [2.05, 4.69) is 10.1 Å². The van der Waals surface area contributed by atoms with E-state index < -0.39 is 6.09 Å². The number of nitrogens with two attached hydrogens (primary N) is 1. The van der Waals surface area contributed by atoms with Gasteiger partial charge in [0.05, 0.1) is 5.71 Å². The lowest BCUT2D eigenvalue weighted by molar-refractivity contribution is 0.0472. The van der Waals surface area contributed by atoms with Crippen LogP contribution >= 0.6 is 0 Å². The topological polar surface area (TPSA) is 96.0 Å². The van der Waals surface area contributed by atoms with Crippen molar-refractivity contribution in [3.63, 3.8) is 0 Å². The molecule has 1 amide bonds. The molecule has 3 rings (SSSR count). The predicted molar refractivity (Wildman–Crippen MR) is 92.4 cm³/mol. The average molecular weight is 341 g/mol. The minimum Gasteiger partial charge on any atom is -0.489 e. The van der Waals surface area contributed by atoms with Gasteiger partial charge in [-0.1, -0.05) is 29.4 Å². The molecular formula is C18H19N3O4.